The van der Waals surface area contributed by atoms with Crippen LogP contribution in [0.5, 0.6) is 5.75 Å². The first-order valence-electron chi connectivity index (χ1n) is 8.35. The van der Waals surface area contributed by atoms with Crippen molar-refractivity contribution in [1.82, 2.24) is 10.2 Å². The summed E-state index contributed by atoms with van der Waals surface area (Å²) in [6.45, 7) is 3.96. The average molecular weight is 332 g/mol. The number of benzene rings is 1. The Morgan fingerprint density at radius 1 is 1.33 bits per heavy atom. The first kappa shape index (κ1) is 16.8. The fraction of sp³-hybridized carbons (Fsp3) is 0.556. The standard InChI is InChI=1S/C18H24N2O4/c1-12-4-3-5-13(15(12)24-2)16(21)20-8-6-18(7-9-20)10-14(17(22)23)19-11-18/h3-5,14,19H,6-11H2,1-2H3,(H,22,23)/t14-/m0/s1. The van der Waals surface area contributed by atoms with E-state index in [1.165, 1.54) is 0 Å². The predicted molar refractivity (Wildman–Crippen MR) is 89.3 cm³/mol. The van der Waals surface area contributed by atoms with E-state index in [2.05, 4.69) is 5.32 Å². The third kappa shape index (κ3) is 2.98. The van der Waals surface area contributed by atoms with Crippen molar-refractivity contribution in [3.05, 3.63) is 29.3 Å². The number of carbonyl (C=O) groups is 2. The van der Waals surface area contributed by atoms with E-state index in [0.29, 0.717) is 30.8 Å². The van der Waals surface area contributed by atoms with E-state index in [0.717, 1.165) is 24.9 Å². The number of likely N-dealkylation sites (tertiary alicyclic amines) is 1. The van der Waals surface area contributed by atoms with E-state index in [1.54, 1.807) is 13.2 Å². The van der Waals surface area contributed by atoms with Gasteiger partial charge < -0.3 is 20.1 Å². The van der Waals surface area contributed by atoms with Crippen LogP contribution in [0, 0.1) is 12.3 Å². The lowest BCUT2D eigenvalue weighted by molar-refractivity contribution is -0.139. The molecule has 1 aromatic rings. The number of para-hydroxylation sites is 1. The lowest BCUT2D eigenvalue weighted by Crippen LogP contribution is -2.44. The summed E-state index contributed by atoms with van der Waals surface area (Å²) >= 11 is 0. The summed E-state index contributed by atoms with van der Waals surface area (Å²) < 4.78 is 5.40. The average Bonchev–Trinajstić information content (AvgIpc) is 2.99. The van der Waals surface area contributed by atoms with Crippen LogP contribution in [0.1, 0.15) is 35.2 Å². The number of amides is 1. The molecule has 2 fully saturated rings. The Balaban J connectivity index is 1.68. The molecule has 2 heterocycles. The highest BCUT2D eigenvalue weighted by Crippen LogP contribution is 2.40. The number of aryl methyl sites for hydroxylation is 1. The Kier molecular flexibility index (Phi) is 4.49. The van der Waals surface area contributed by atoms with Crippen molar-refractivity contribution in [2.24, 2.45) is 5.41 Å². The molecule has 2 N–H and O–H groups in total. The minimum atomic E-state index is -0.783. The van der Waals surface area contributed by atoms with Gasteiger partial charge in [0.05, 0.1) is 12.7 Å². The minimum Gasteiger partial charge on any atom is -0.496 e. The van der Waals surface area contributed by atoms with Gasteiger partial charge in [-0.15, -0.1) is 0 Å². The van der Waals surface area contributed by atoms with E-state index in [4.69, 9.17) is 9.84 Å². The van der Waals surface area contributed by atoms with Gasteiger partial charge in [0.15, 0.2) is 0 Å². The summed E-state index contributed by atoms with van der Waals surface area (Å²) in [5, 5.41) is 12.3. The van der Waals surface area contributed by atoms with Gasteiger partial charge in [-0.3, -0.25) is 9.59 Å². The molecule has 2 saturated heterocycles. The van der Waals surface area contributed by atoms with Gasteiger partial charge in [-0.1, -0.05) is 12.1 Å². The summed E-state index contributed by atoms with van der Waals surface area (Å²) in [5.41, 5.74) is 1.55. The third-order valence-electron chi connectivity index (χ3n) is 5.42. The van der Waals surface area contributed by atoms with Crippen LogP contribution < -0.4 is 10.1 Å². The number of carboxylic acids is 1. The van der Waals surface area contributed by atoms with E-state index in [9.17, 15) is 9.59 Å². The highest BCUT2D eigenvalue weighted by molar-refractivity contribution is 5.97. The molecule has 3 rings (SSSR count). The van der Waals surface area contributed by atoms with Crippen LogP contribution in [0.25, 0.3) is 0 Å². The van der Waals surface area contributed by atoms with Gasteiger partial charge in [-0.25, -0.2) is 0 Å². The topological polar surface area (TPSA) is 78.9 Å². The largest absolute Gasteiger partial charge is 0.496 e. The number of hydrogen-bond acceptors (Lipinski definition) is 4. The molecule has 0 unspecified atom stereocenters. The number of methoxy groups -OCH3 is 1. The predicted octanol–water partition coefficient (Wildman–Crippen LogP) is 1.67. The number of hydrogen-bond donors (Lipinski definition) is 2. The number of nitrogens with one attached hydrogen (secondary N) is 1. The lowest BCUT2D eigenvalue weighted by Gasteiger charge is -2.39. The second kappa shape index (κ2) is 6.43. The van der Waals surface area contributed by atoms with Crippen molar-refractivity contribution in [2.75, 3.05) is 26.7 Å². The molecular weight excluding hydrogens is 308 g/mol. The molecule has 1 spiro atoms. The molecule has 2 aliphatic rings. The lowest BCUT2D eigenvalue weighted by atomic mass is 9.76. The van der Waals surface area contributed by atoms with Crippen molar-refractivity contribution < 1.29 is 19.4 Å². The quantitative estimate of drug-likeness (QED) is 0.880. The Labute approximate surface area is 141 Å². The zero-order valence-corrected chi connectivity index (χ0v) is 14.2. The summed E-state index contributed by atoms with van der Waals surface area (Å²) in [6.07, 6.45) is 2.32. The number of carbonyl (C=O) groups excluding carboxylic acids is 1. The Morgan fingerprint density at radius 3 is 2.62 bits per heavy atom. The maximum atomic E-state index is 12.8. The number of carboxylic acid groups (broad SMARTS) is 1. The molecule has 6 nitrogen and oxygen atoms in total. The van der Waals surface area contributed by atoms with Crippen molar-refractivity contribution in [1.29, 1.82) is 0 Å². The van der Waals surface area contributed by atoms with E-state index in [1.807, 2.05) is 24.0 Å². The molecule has 2 aliphatic heterocycles. The molecule has 1 amide bonds. The summed E-state index contributed by atoms with van der Waals surface area (Å²) in [7, 11) is 1.58. The van der Waals surface area contributed by atoms with Crippen LogP contribution in [0.3, 0.4) is 0 Å². The minimum absolute atomic E-state index is 0.00820. The molecule has 6 heteroatoms. The summed E-state index contributed by atoms with van der Waals surface area (Å²) in [4.78, 5) is 25.8. The van der Waals surface area contributed by atoms with Gasteiger partial charge in [0.1, 0.15) is 11.8 Å². The van der Waals surface area contributed by atoms with Crippen LogP contribution in [0.2, 0.25) is 0 Å². The van der Waals surface area contributed by atoms with Crippen LogP contribution in [-0.2, 0) is 4.79 Å². The van der Waals surface area contributed by atoms with Gasteiger partial charge >= 0.3 is 5.97 Å². The van der Waals surface area contributed by atoms with Gasteiger partial charge in [0.25, 0.3) is 5.91 Å². The fourth-order valence-electron chi connectivity index (χ4n) is 3.92. The molecule has 0 aliphatic carbocycles. The second-order valence-electron chi connectivity index (χ2n) is 6.92. The molecule has 0 aromatic heterocycles. The zero-order valence-electron chi connectivity index (χ0n) is 14.2. The van der Waals surface area contributed by atoms with Crippen molar-refractivity contribution in [3.63, 3.8) is 0 Å². The maximum absolute atomic E-state index is 12.8. The van der Waals surface area contributed by atoms with Crippen molar-refractivity contribution >= 4 is 11.9 Å². The summed E-state index contributed by atoms with van der Waals surface area (Å²) in [6, 6.07) is 5.14. The fourth-order valence-corrected chi connectivity index (χ4v) is 3.92. The smallest absolute Gasteiger partial charge is 0.320 e. The van der Waals surface area contributed by atoms with Crippen LogP contribution in [0.4, 0.5) is 0 Å². The van der Waals surface area contributed by atoms with Gasteiger partial charge in [-0.05, 0) is 43.2 Å². The number of ether oxygens (including phenoxy) is 1. The molecule has 130 valence electrons. The first-order chi connectivity index (χ1) is 11.5. The molecule has 24 heavy (non-hydrogen) atoms. The van der Waals surface area contributed by atoms with Gasteiger partial charge in [-0.2, -0.15) is 0 Å². The Morgan fingerprint density at radius 2 is 2.04 bits per heavy atom. The van der Waals surface area contributed by atoms with E-state index < -0.39 is 12.0 Å². The number of nitrogens with zero attached hydrogens (tertiary/aromatic N) is 1. The van der Waals surface area contributed by atoms with Crippen LogP contribution >= 0.6 is 0 Å². The Hall–Kier alpha value is -2.08. The molecule has 1 aromatic carbocycles. The van der Waals surface area contributed by atoms with Crippen LogP contribution in [0.15, 0.2) is 18.2 Å². The summed E-state index contributed by atoms with van der Waals surface area (Å²) in [5.74, 6) is -0.155. The molecule has 0 bridgehead atoms. The molecular formula is C18H24N2O4. The normalized spacial score (nSPS) is 22.6. The van der Waals surface area contributed by atoms with Crippen LogP contribution in [-0.4, -0.2) is 54.7 Å². The van der Waals surface area contributed by atoms with Crippen molar-refractivity contribution in [3.8, 4) is 5.75 Å². The first-order valence-corrected chi connectivity index (χ1v) is 8.35. The molecule has 0 radical (unpaired) electrons. The SMILES string of the molecule is COc1c(C)cccc1C(=O)N1CCC2(CC1)CN[C@H](C(=O)O)C2. The third-order valence-corrected chi connectivity index (χ3v) is 5.42. The van der Waals surface area contributed by atoms with Gasteiger partial charge in [0.2, 0.25) is 0 Å². The number of aliphatic carboxylic acids is 1. The van der Waals surface area contributed by atoms with E-state index >= 15 is 0 Å². The Bertz CT molecular complexity index is 650. The highest BCUT2D eigenvalue weighted by atomic mass is 16.5. The van der Waals surface area contributed by atoms with Crippen molar-refractivity contribution in [2.45, 2.75) is 32.2 Å². The monoisotopic (exact) mass is 332 g/mol. The molecule has 0 saturated carbocycles. The highest BCUT2D eigenvalue weighted by Gasteiger charge is 2.44. The number of piperidine rings is 1. The van der Waals surface area contributed by atoms with E-state index in [-0.39, 0.29) is 11.3 Å². The second-order valence-corrected chi connectivity index (χ2v) is 6.92. The van der Waals surface area contributed by atoms with Gasteiger partial charge in [0, 0.05) is 19.6 Å². The maximum Gasteiger partial charge on any atom is 0.320 e. The zero-order chi connectivity index (χ0) is 17.3. The molecule has 1 atom stereocenters. The number of rotatable bonds is 3.